The van der Waals surface area contributed by atoms with Crippen molar-refractivity contribution in [3.63, 3.8) is 0 Å². The number of furan rings is 1. The molecule has 0 aliphatic rings. The minimum absolute atomic E-state index is 0.886. The van der Waals surface area contributed by atoms with Crippen molar-refractivity contribution < 1.29 is 4.42 Å². The Morgan fingerprint density at radius 3 is 1.60 bits per heavy atom. The lowest BCUT2D eigenvalue weighted by Gasteiger charge is -2.27. The van der Waals surface area contributed by atoms with Crippen LogP contribution >= 0.6 is 0 Å². The second kappa shape index (κ2) is 15.0. The molecule has 0 fully saturated rings. The minimum Gasteiger partial charge on any atom is -0.455 e. The molecule has 11 aromatic carbocycles. The summed E-state index contributed by atoms with van der Waals surface area (Å²) in [6, 6.07) is 87.7. The molecule has 13 aromatic rings. The predicted octanol–water partition coefficient (Wildman–Crippen LogP) is 17.5. The predicted molar refractivity (Wildman–Crippen MR) is 274 cm³/mol. The third-order valence-corrected chi connectivity index (χ3v) is 13.2. The van der Waals surface area contributed by atoms with E-state index < -0.39 is 0 Å². The highest BCUT2D eigenvalue weighted by Crippen LogP contribution is 2.44. The van der Waals surface area contributed by atoms with Crippen LogP contribution in [0, 0.1) is 0 Å². The molecular weight excluding hydrogens is 789 g/mol. The van der Waals surface area contributed by atoms with Crippen molar-refractivity contribution in [2.75, 3.05) is 4.90 Å². The van der Waals surface area contributed by atoms with Crippen molar-refractivity contribution in [3.05, 3.63) is 243 Å². The highest BCUT2D eigenvalue weighted by molar-refractivity contribution is 6.19. The highest BCUT2D eigenvalue weighted by atomic mass is 16.3. The van der Waals surface area contributed by atoms with Gasteiger partial charge < -0.3 is 13.9 Å². The Hall–Kier alpha value is -8.66. The van der Waals surface area contributed by atoms with E-state index in [1.807, 2.05) is 0 Å². The molecule has 0 unspecified atom stereocenters. The number of anilines is 3. The Kier molecular flexibility index (Phi) is 8.53. The van der Waals surface area contributed by atoms with Crippen molar-refractivity contribution in [3.8, 4) is 39.1 Å². The van der Waals surface area contributed by atoms with Gasteiger partial charge >= 0.3 is 0 Å². The molecule has 3 nitrogen and oxygen atoms in total. The van der Waals surface area contributed by atoms with Gasteiger partial charge in [-0.25, -0.2) is 0 Å². The van der Waals surface area contributed by atoms with E-state index in [1.165, 1.54) is 54.7 Å². The number of para-hydroxylation sites is 3. The molecule has 0 saturated heterocycles. The SMILES string of the molecule is c1cc(-c2cccc3oc4c5ccccc5ccc4c23)cc(N(c2ccc(-c3ccccc3-n3c4ccccc4c4ccccc43)cc2)c2ccc(-c3cccc4ccccc34)cc2)c1. The highest BCUT2D eigenvalue weighted by Gasteiger charge is 2.20. The van der Waals surface area contributed by atoms with Gasteiger partial charge in [-0.05, 0) is 111 Å². The van der Waals surface area contributed by atoms with Crippen molar-refractivity contribution >= 4 is 82.4 Å². The Morgan fingerprint density at radius 2 is 0.862 bits per heavy atom. The summed E-state index contributed by atoms with van der Waals surface area (Å²) in [6.45, 7) is 0. The van der Waals surface area contributed by atoms with Gasteiger partial charge in [0, 0.05) is 49.6 Å². The van der Waals surface area contributed by atoms with E-state index in [-0.39, 0.29) is 0 Å². The van der Waals surface area contributed by atoms with Crippen molar-refractivity contribution in [1.82, 2.24) is 4.57 Å². The quantitative estimate of drug-likeness (QED) is 0.160. The van der Waals surface area contributed by atoms with Crippen molar-refractivity contribution in [2.45, 2.75) is 0 Å². The van der Waals surface area contributed by atoms with Gasteiger partial charge in [-0.2, -0.15) is 0 Å². The van der Waals surface area contributed by atoms with E-state index in [9.17, 15) is 0 Å². The van der Waals surface area contributed by atoms with Crippen molar-refractivity contribution in [2.24, 2.45) is 0 Å². The van der Waals surface area contributed by atoms with E-state index in [4.69, 9.17) is 4.42 Å². The van der Waals surface area contributed by atoms with Crippen LogP contribution < -0.4 is 4.90 Å². The first-order chi connectivity index (χ1) is 32.2. The van der Waals surface area contributed by atoms with E-state index in [0.717, 1.165) is 66.8 Å². The maximum absolute atomic E-state index is 6.63. The molecule has 0 radical (unpaired) electrons. The third kappa shape index (κ3) is 6.05. The molecule has 0 bridgehead atoms. The summed E-state index contributed by atoms with van der Waals surface area (Å²) in [7, 11) is 0. The summed E-state index contributed by atoms with van der Waals surface area (Å²) in [6.07, 6.45) is 0. The standard InChI is InChI=1S/C62H40N2O/c1-3-19-49-41(14-1)16-12-24-50(49)43-30-35-46(36-31-43)63(48-18-11-17-45(40-48)52-25-13-29-60-61(52)56-39-34-42-15-2-4-21-53(42)62(56)65-60)47-37-32-44(33-38-47)51-20-5-8-26-57(51)64-58-27-9-6-22-54(58)55-23-7-10-28-59(55)64/h1-40H. The summed E-state index contributed by atoms with van der Waals surface area (Å²) in [5, 5.41) is 9.54. The van der Waals surface area contributed by atoms with Crippen LogP contribution in [0.25, 0.3) is 104 Å². The molecule has 65 heavy (non-hydrogen) atoms. The second-order valence-electron chi connectivity index (χ2n) is 16.8. The summed E-state index contributed by atoms with van der Waals surface area (Å²) in [4.78, 5) is 2.38. The summed E-state index contributed by atoms with van der Waals surface area (Å²) >= 11 is 0. The number of benzene rings is 11. The van der Waals surface area contributed by atoms with E-state index >= 15 is 0 Å². The number of hydrogen-bond acceptors (Lipinski definition) is 2. The fourth-order valence-corrected chi connectivity index (χ4v) is 10.2. The Balaban J connectivity index is 0.950. The van der Waals surface area contributed by atoms with Crippen LogP contribution in [0.4, 0.5) is 17.1 Å². The topological polar surface area (TPSA) is 21.3 Å². The zero-order valence-corrected chi connectivity index (χ0v) is 35.4. The number of rotatable bonds is 7. The van der Waals surface area contributed by atoms with E-state index in [1.54, 1.807) is 0 Å². The number of nitrogens with zero attached hydrogens (tertiary/aromatic N) is 2. The van der Waals surface area contributed by atoms with Crippen LogP contribution in [-0.4, -0.2) is 4.57 Å². The third-order valence-electron chi connectivity index (χ3n) is 13.2. The molecule has 0 amide bonds. The average Bonchev–Trinajstić information content (AvgIpc) is 3.93. The Labute approximate surface area is 376 Å². The summed E-state index contributed by atoms with van der Waals surface area (Å²) in [5.74, 6) is 0. The van der Waals surface area contributed by atoms with Gasteiger partial charge in [0.05, 0.1) is 16.7 Å². The first kappa shape index (κ1) is 36.9. The first-order valence-corrected chi connectivity index (χ1v) is 22.2. The van der Waals surface area contributed by atoms with Gasteiger partial charge in [-0.3, -0.25) is 0 Å². The number of fused-ring (bicyclic) bond motifs is 9. The summed E-state index contributed by atoms with van der Waals surface area (Å²) in [5.41, 5.74) is 15.6. The van der Waals surface area contributed by atoms with Crippen LogP contribution in [0.3, 0.4) is 0 Å². The van der Waals surface area contributed by atoms with Crippen LogP contribution in [0.15, 0.2) is 247 Å². The zero-order chi connectivity index (χ0) is 42.8. The molecule has 2 heterocycles. The lowest BCUT2D eigenvalue weighted by atomic mass is 9.97. The lowest BCUT2D eigenvalue weighted by Crippen LogP contribution is -2.10. The molecule has 0 saturated carbocycles. The van der Waals surface area contributed by atoms with Crippen molar-refractivity contribution in [1.29, 1.82) is 0 Å². The van der Waals surface area contributed by atoms with Gasteiger partial charge in [-0.1, -0.05) is 176 Å². The van der Waals surface area contributed by atoms with Crippen LogP contribution in [0.5, 0.6) is 0 Å². The maximum atomic E-state index is 6.63. The molecule has 2 aromatic heterocycles. The zero-order valence-electron chi connectivity index (χ0n) is 35.4. The molecule has 0 aliphatic heterocycles. The minimum atomic E-state index is 0.886. The average molecular weight is 829 g/mol. The normalized spacial score (nSPS) is 11.7. The van der Waals surface area contributed by atoms with Crippen LogP contribution in [0.2, 0.25) is 0 Å². The van der Waals surface area contributed by atoms with Gasteiger partial charge in [-0.15, -0.1) is 0 Å². The molecular formula is C62H40N2O. The number of aromatic nitrogens is 1. The first-order valence-electron chi connectivity index (χ1n) is 22.2. The number of hydrogen-bond donors (Lipinski definition) is 0. The molecule has 0 spiro atoms. The van der Waals surface area contributed by atoms with Crippen LogP contribution in [-0.2, 0) is 0 Å². The molecule has 3 heteroatoms. The Bertz CT molecular complexity index is 3890. The van der Waals surface area contributed by atoms with E-state index in [0.29, 0.717) is 0 Å². The monoisotopic (exact) mass is 828 g/mol. The van der Waals surface area contributed by atoms with Gasteiger partial charge in [0.25, 0.3) is 0 Å². The fraction of sp³-hybridized carbons (Fsp3) is 0. The molecule has 304 valence electrons. The molecule has 0 aliphatic carbocycles. The van der Waals surface area contributed by atoms with Gasteiger partial charge in [0.1, 0.15) is 11.2 Å². The lowest BCUT2D eigenvalue weighted by molar-refractivity contribution is 0.673. The summed E-state index contributed by atoms with van der Waals surface area (Å²) < 4.78 is 9.04. The smallest absolute Gasteiger partial charge is 0.143 e. The largest absolute Gasteiger partial charge is 0.455 e. The van der Waals surface area contributed by atoms with Crippen LogP contribution in [0.1, 0.15) is 0 Å². The fourth-order valence-electron chi connectivity index (χ4n) is 10.2. The Morgan fingerprint density at radius 1 is 0.323 bits per heavy atom. The maximum Gasteiger partial charge on any atom is 0.143 e. The molecule has 13 rings (SSSR count). The molecule has 0 N–H and O–H groups in total. The molecule has 0 atom stereocenters. The second-order valence-corrected chi connectivity index (χ2v) is 16.8. The van der Waals surface area contributed by atoms with Gasteiger partial charge in [0.15, 0.2) is 0 Å². The van der Waals surface area contributed by atoms with Gasteiger partial charge in [0.2, 0.25) is 0 Å². The van der Waals surface area contributed by atoms with E-state index in [2.05, 4.69) is 252 Å².